The van der Waals surface area contributed by atoms with Gasteiger partial charge in [-0.1, -0.05) is 47.4 Å². The zero-order chi connectivity index (χ0) is 22.4. The van der Waals surface area contributed by atoms with E-state index >= 15 is 0 Å². The zero-order valence-corrected chi connectivity index (χ0v) is 20.5. The van der Waals surface area contributed by atoms with E-state index in [2.05, 4.69) is 70.0 Å². The fourth-order valence-electron chi connectivity index (χ4n) is 3.99. The van der Waals surface area contributed by atoms with Crippen molar-refractivity contribution >= 4 is 5.91 Å². The fourth-order valence-corrected chi connectivity index (χ4v) is 3.99. The van der Waals surface area contributed by atoms with E-state index in [1.165, 1.54) is 36.1 Å². The Hall–Kier alpha value is -1.61. The lowest BCUT2D eigenvalue weighted by Crippen LogP contribution is -2.39. The highest BCUT2D eigenvalue weighted by atomic mass is 16.1. The van der Waals surface area contributed by atoms with Crippen molar-refractivity contribution in [1.29, 1.82) is 0 Å². The third-order valence-electron chi connectivity index (χ3n) is 5.95. The third-order valence-corrected chi connectivity index (χ3v) is 5.95. The number of hydrogen-bond acceptors (Lipinski definition) is 2. The summed E-state index contributed by atoms with van der Waals surface area (Å²) in [5.74, 6) is 0.0601. The molecule has 0 radical (unpaired) electrons. The van der Waals surface area contributed by atoms with Crippen LogP contribution in [0.1, 0.15) is 92.9 Å². The maximum absolute atomic E-state index is 12.2. The average molecular weight is 415 g/mol. The molecular formula is C27H46N2O. The van der Waals surface area contributed by atoms with Gasteiger partial charge in [-0.05, 0) is 99.1 Å². The number of carbonyl (C=O) groups is 1. The summed E-state index contributed by atoms with van der Waals surface area (Å²) in [5.41, 5.74) is 5.50. The summed E-state index contributed by atoms with van der Waals surface area (Å²) in [6.07, 6.45) is 17.8. The lowest BCUT2D eigenvalue weighted by Gasteiger charge is -2.22. The molecular weight excluding hydrogens is 368 g/mol. The molecule has 30 heavy (non-hydrogen) atoms. The van der Waals surface area contributed by atoms with Gasteiger partial charge in [-0.15, -0.1) is 0 Å². The van der Waals surface area contributed by atoms with E-state index in [1.54, 1.807) is 6.08 Å². The Kier molecular flexibility index (Phi) is 13.4. The summed E-state index contributed by atoms with van der Waals surface area (Å²) in [4.78, 5) is 14.7. The molecule has 1 amide bonds. The first kappa shape index (κ1) is 26.4. The van der Waals surface area contributed by atoms with E-state index in [4.69, 9.17) is 0 Å². The van der Waals surface area contributed by atoms with Crippen LogP contribution in [0.15, 0.2) is 46.6 Å². The molecule has 3 heteroatoms. The van der Waals surface area contributed by atoms with Gasteiger partial charge in [-0.3, -0.25) is 9.69 Å². The van der Waals surface area contributed by atoms with Gasteiger partial charge in [-0.2, -0.15) is 0 Å². The maximum atomic E-state index is 12.2. The molecule has 170 valence electrons. The van der Waals surface area contributed by atoms with Gasteiger partial charge in [0.15, 0.2) is 0 Å². The highest BCUT2D eigenvalue weighted by molar-refractivity contribution is 5.88. The van der Waals surface area contributed by atoms with Crippen molar-refractivity contribution < 1.29 is 4.79 Å². The third kappa shape index (κ3) is 12.2. The first-order chi connectivity index (χ1) is 14.3. The van der Waals surface area contributed by atoms with Gasteiger partial charge in [0.2, 0.25) is 5.91 Å². The van der Waals surface area contributed by atoms with Gasteiger partial charge in [0.1, 0.15) is 0 Å². The summed E-state index contributed by atoms with van der Waals surface area (Å²) in [6, 6.07) is 0.517. The van der Waals surface area contributed by atoms with Gasteiger partial charge in [-0.25, -0.2) is 0 Å². The van der Waals surface area contributed by atoms with Crippen molar-refractivity contribution in [3.05, 3.63) is 46.6 Å². The molecule has 1 saturated heterocycles. The molecule has 0 bridgehead atoms. The highest BCUT2D eigenvalue weighted by Crippen LogP contribution is 2.16. The molecule has 0 aromatic rings. The Morgan fingerprint density at radius 2 is 1.47 bits per heavy atom. The maximum Gasteiger partial charge on any atom is 0.243 e. The Bertz CT molecular complexity index is 635. The normalized spacial score (nSPS) is 18.6. The van der Waals surface area contributed by atoms with Crippen molar-refractivity contribution in [2.45, 2.75) is 99.0 Å². The summed E-state index contributed by atoms with van der Waals surface area (Å²) >= 11 is 0. The summed E-state index contributed by atoms with van der Waals surface area (Å²) in [5, 5.41) is 3.10. The van der Waals surface area contributed by atoms with E-state index in [9.17, 15) is 4.79 Å². The van der Waals surface area contributed by atoms with Crippen LogP contribution in [0.25, 0.3) is 0 Å². The Labute approximate surface area is 186 Å². The lowest BCUT2D eigenvalue weighted by molar-refractivity contribution is -0.116. The number of nitrogens with zero attached hydrogens (tertiary/aromatic N) is 1. The van der Waals surface area contributed by atoms with E-state index in [1.807, 2.05) is 0 Å². The molecule has 1 heterocycles. The second kappa shape index (κ2) is 15.2. The largest absolute Gasteiger partial charge is 0.351 e. The SMILES string of the molecule is CCN1CCCC1CNC(=O)C=C(C)CCC=C(C)CCC=C(C)CCC=C(C)C. The van der Waals surface area contributed by atoms with Crippen LogP contribution in [-0.4, -0.2) is 36.5 Å². The minimum Gasteiger partial charge on any atom is -0.351 e. The first-order valence-corrected chi connectivity index (χ1v) is 12.0. The van der Waals surface area contributed by atoms with Crippen LogP contribution in [0.5, 0.6) is 0 Å². The van der Waals surface area contributed by atoms with Crippen molar-refractivity contribution in [2.24, 2.45) is 0 Å². The van der Waals surface area contributed by atoms with Crippen LogP contribution in [-0.2, 0) is 4.79 Å². The molecule has 0 spiro atoms. The van der Waals surface area contributed by atoms with Crippen molar-refractivity contribution in [3.63, 3.8) is 0 Å². The predicted molar refractivity (Wildman–Crippen MR) is 132 cm³/mol. The van der Waals surface area contributed by atoms with Crippen LogP contribution in [0.3, 0.4) is 0 Å². The number of carbonyl (C=O) groups excluding carboxylic acids is 1. The second-order valence-electron chi connectivity index (χ2n) is 9.16. The minimum absolute atomic E-state index is 0.0601. The van der Waals surface area contributed by atoms with Crippen LogP contribution in [0.2, 0.25) is 0 Å². The number of hydrogen-bond donors (Lipinski definition) is 1. The average Bonchev–Trinajstić information content (AvgIpc) is 3.13. The van der Waals surface area contributed by atoms with Crippen molar-refractivity contribution in [3.8, 4) is 0 Å². The highest BCUT2D eigenvalue weighted by Gasteiger charge is 2.22. The van der Waals surface area contributed by atoms with Gasteiger partial charge >= 0.3 is 0 Å². The number of likely N-dealkylation sites (N-methyl/N-ethyl adjacent to an activating group) is 1. The molecule has 1 fully saturated rings. The monoisotopic (exact) mass is 414 g/mol. The summed E-state index contributed by atoms with van der Waals surface area (Å²) < 4.78 is 0. The van der Waals surface area contributed by atoms with Gasteiger partial charge in [0, 0.05) is 18.7 Å². The smallest absolute Gasteiger partial charge is 0.243 e. The first-order valence-electron chi connectivity index (χ1n) is 12.0. The Morgan fingerprint density at radius 3 is 2.03 bits per heavy atom. The molecule has 1 aliphatic heterocycles. The van der Waals surface area contributed by atoms with Gasteiger partial charge < -0.3 is 5.32 Å². The molecule has 1 atom stereocenters. The summed E-state index contributed by atoms with van der Waals surface area (Å²) in [7, 11) is 0. The Balaban J connectivity index is 2.25. The standard InChI is InChI=1S/C27H46N2O/c1-7-29-19-11-18-26(29)21-28-27(30)20-25(6)17-10-16-24(5)15-9-14-23(4)13-8-12-22(2)3/h12,14,16,20,26H,7-11,13,15,17-19,21H2,1-6H3,(H,28,30). The molecule has 0 saturated carbocycles. The minimum atomic E-state index is 0.0601. The van der Waals surface area contributed by atoms with E-state index < -0.39 is 0 Å². The number of likely N-dealkylation sites (tertiary alicyclic amines) is 1. The molecule has 0 aromatic carbocycles. The second-order valence-corrected chi connectivity index (χ2v) is 9.16. The summed E-state index contributed by atoms with van der Waals surface area (Å²) in [6.45, 7) is 16.1. The predicted octanol–water partition coefficient (Wildman–Crippen LogP) is 6.73. The van der Waals surface area contributed by atoms with Crippen LogP contribution < -0.4 is 5.32 Å². The number of rotatable bonds is 13. The molecule has 1 unspecified atom stereocenters. The molecule has 1 aliphatic rings. The van der Waals surface area contributed by atoms with E-state index in [-0.39, 0.29) is 5.91 Å². The number of amides is 1. The number of allylic oxidation sites excluding steroid dienone is 7. The van der Waals surface area contributed by atoms with Gasteiger partial charge in [0.25, 0.3) is 0 Å². The van der Waals surface area contributed by atoms with Crippen LogP contribution in [0.4, 0.5) is 0 Å². The molecule has 0 aliphatic carbocycles. The topological polar surface area (TPSA) is 32.3 Å². The van der Waals surface area contributed by atoms with Crippen molar-refractivity contribution in [1.82, 2.24) is 10.2 Å². The molecule has 0 aromatic heterocycles. The lowest BCUT2D eigenvalue weighted by atomic mass is 10.0. The van der Waals surface area contributed by atoms with E-state index in [0.29, 0.717) is 6.04 Å². The number of nitrogens with one attached hydrogen (secondary N) is 1. The fraction of sp³-hybridized carbons (Fsp3) is 0.667. The van der Waals surface area contributed by atoms with Crippen LogP contribution in [0, 0.1) is 0 Å². The van der Waals surface area contributed by atoms with Crippen molar-refractivity contribution in [2.75, 3.05) is 19.6 Å². The van der Waals surface area contributed by atoms with Crippen LogP contribution >= 0.6 is 0 Å². The zero-order valence-electron chi connectivity index (χ0n) is 20.5. The molecule has 1 rings (SSSR count). The molecule has 3 nitrogen and oxygen atoms in total. The molecule has 1 N–H and O–H groups in total. The quantitative estimate of drug-likeness (QED) is 0.267. The Morgan fingerprint density at radius 1 is 0.900 bits per heavy atom. The van der Waals surface area contributed by atoms with Gasteiger partial charge in [0.05, 0.1) is 0 Å². The van der Waals surface area contributed by atoms with E-state index in [0.717, 1.165) is 57.2 Å².